The molecule has 1 heterocycles. The number of hydrogen-bond acceptors (Lipinski definition) is 4. The molecule has 4 heteroatoms. The van der Waals surface area contributed by atoms with Gasteiger partial charge in [-0.25, -0.2) is 9.97 Å². The molecular formula is C15H26N4. The van der Waals surface area contributed by atoms with Crippen LogP contribution >= 0.6 is 0 Å². The van der Waals surface area contributed by atoms with Crippen LogP contribution in [0.3, 0.4) is 0 Å². The Morgan fingerprint density at radius 1 is 1.16 bits per heavy atom. The fraction of sp³-hybridized carbons (Fsp3) is 0.733. The predicted octanol–water partition coefficient (Wildman–Crippen LogP) is 3.61. The van der Waals surface area contributed by atoms with E-state index in [1.807, 2.05) is 6.07 Å². The second kappa shape index (κ2) is 6.22. The lowest BCUT2D eigenvalue weighted by atomic mass is 10.0. The average molecular weight is 262 g/mol. The number of hydrogen-bond donors (Lipinski definition) is 2. The maximum Gasteiger partial charge on any atom is 0.132 e. The number of nitrogens with zero attached hydrogens (tertiary/aromatic N) is 2. The third-order valence-corrected chi connectivity index (χ3v) is 3.78. The predicted molar refractivity (Wildman–Crippen MR) is 80.7 cm³/mol. The number of anilines is 2. The van der Waals surface area contributed by atoms with E-state index in [2.05, 4.69) is 41.4 Å². The SMILES string of the molecule is CCCNc1cc(NC2(C)CCCC2)nc(CC)n1. The molecule has 0 atom stereocenters. The van der Waals surface area contributed by atoms with Gasteiger partial charge in [0.15, 0.2) is 0 Å². The number of nitrogens with one attached hydrogen (secondary N) is 2. The first-order chi connectivity index (χ1) is 9.15. The molecule has 1 fully saturated rings. The molecule has 2 N–H and O–H groups in total. The Bertz CT molecular complexity index is 411. The largest absolute Gasteiger partial charge is 0.370 e. The smallest absolute Gasteiger partial charge is 0.132 e. The van der Waals surface area contributed by atoms with Gasteiger partial charge in [-0.1, -0.05) is 26.7 Å². The van der Waals surface area contributed by atoms with Gasteiger partial charge in [0.2, 0.25) is 0 Å². The highest BCUT2D eigenvalue weighted by Gasteiger charge is 2.28. The first-order valence-electron chi connectivity index (χ1n) is 7.55. The summed E-state index contributed by atoms with van der Waals surface area (Å²) in [4.78, 5) is 9.13. The first-order valence-corrected chi connectivity index (χ1v) is 7.55. The van der Waals surface area contributed by atoms with E-state index < -0.39 is 0 Å². The standard InChI is InChI=1S/C15H26N4/c1-4-10-16-13-11-14(18-12(5-2)17-13)19-15(3)8-6-7-9-15/h11H,4-10H2,1-3H3,(H2,16,17,18,19). The van der Waals surface area contributed by atoms with Crippen LogP contribution in [0.2, 0.25) is 0 Å². The normalized spacial score (nSPS) is 17.4. The summed E-state index contributed by atoms with van der Waals surface area (Å²) >= 11 is 0. The minimum atomic E-state index is 0.210. The zero-order chi connectivity index (χ0) is 13.7. The van der Waals surface area contributed by atoms with E-state index in [4.69, 9.17) is 0 Å². The van der Waals surface area contributed by atoms with Gasteiger partial charge in [0.05, 0.1) is 0 Å². The first kappa shape index (κ1) is 14.1. The van der Waals surface area contributed by atoms with E-state index in [9.17, 15) is 0 Å². The van der Waals surface area contributed by atoms with Crippen molar-refractivity contribution in [2.45, 2.75) is 64.8 Å². The highest BCUT2D eigenvalue weighted by atomic mass is 15.1. The summed E-state index contributed by atoms with van der Waals surface area (Å²) in [6, 6.07) is 2.04. The highest BCUT2D eigenvalue weighted by Crippen LogP contribution is 2.32. The topological polar surface area (TPSA) is 49.8 Å². The summed E-state index contributed by atoms with van der Waals surface area (Å²) in [6.07, 6.45) is 7.07. The van der Waals surface area contributed by atoms with Crippen LogP contribution in [-0.2, 0) is 6.42 Å². The van der Waals surface area contributed by atoms with Gasteiger partial charge < -0.3 is 10.6 Å². The van der Waals surface area contributed by atoms with Crippen molar-refractivity contribution in [1.29, 1.82) is 0 Å². The van der Waals surface area contributed by atoms with E-state index in [1.165, 1.54) is 25.7 Å². The molecular weight excluding hydrogens is 236 g/mol. The van der Waals surface area contributed by atoms with E-state index in [-0.39, 0.29) is 5.54 Å². The molecule has 1 saturated carbocycles. The van der Waals surface area contributed by atoms with E-state index >= 15 is 0 Å². The fourth-order valence-electron chi connectivity index (χ4n) is 2.65. The van der Waals surface area contributed by atoms with Crippen molar-refractivity contribution >= 4 is 11.6 Å². The zero-order valence-electron chi connectivity index (χ0n) is 12.4. The summed E-state index contributed by atoms with van der Waals surface area (Å²) in [5, 5.41) is 6.97. The van der Waals surface area contributed by atoms with E-state index in [0.717, 1.165) is 36.8 Å². The Morgan fingerprint density at radius 2 is 1.84 bits per heavy atom. The molecule has 1 aliphatic rings. The highest BCUT2D eigenvalue weighted by molar-refractivity contribution is 5.49. The minimum absolute atomic E-state index is 0.210. The fourth-order valence-corrected chi connectivity index (χ4v) is 2.65. The lowest BCUT2D eigenvalue weighted by Gasteiger charge is -2.26. The molecule has 0 aliphatic heterocycles. The van der Waals surface area contributed by atoms with Crippen molar-refractivity contribution in [2.75, 3.05) is 17.2 Å². The molecule has 0 aromatic carbocycles. The lowest BCUT2D eigenvalue weighted by molar-refractivity contribution is 0.530. The van der Waals surface area contributed by atoms with Gasteiger partial charge in [-0.2, -0.15) is 0 Å². The molecule has 1 aromatic rings. The number of rotatable bonds is 6. The molecule has 0 radical (unpaired) electrons. The summed E-state index contributed by atoms with van der Waals surface area (Å²) in [7, 11) is 0. The molecule has 19 heavy (non-hydrogen) atoms. The summed E-state index contributed by atoms with van der Waals surface area (Å²) in [5.74, 6) is 2.82. The van der Waals surface area contributed by atoms with Crippen molar-refractivity contribution in [3.8, 4) is 0 Å². The van der Waals surface area contributed by atoms with Gasteiger partial charge >= 0.3 is 0 Å². The van der Waals surface area contributed by atoms with Gasteiger partial charge in [-0.05, 0) is 26.2 Å². The Kier molecular flexibility index (Phi) is 4.61. The molecule has 106 valence electrons. The Morgan fingerprint density at radius 3 is 2.47 bits per heavy atom. The maximum absolute atomic E-state index is 4.61. The molecule has 2 rings (SSSR count). The van der Waals surface area contributed by atoms with Crippen LogP contribution in [0.1, 0.15) is 58.7 Å². The van der Waals surface area contributed by atoms with Crippen LogP contribution in [0.4, 0.5) is 11.6 Å². The Labute approximate surface area is 116 Å². The van der Waals surface area contributed by atoms with Gasteiger partial charge in [-0.3, -0.25) is 0 Å². The van der Waals surface area contributed by atoms with Gasteiger partial charge in [0.1, 0.15) is 17.5 Å². The second-order valence-corrected chi connectivity index (χ2v) is 5.73. The summed E-state index contributed by atoms with van der Waals surface area (Å²) in [5.41, 5.74) is 0.210. The van der Waals surface area contributed by atoms with Crippen molar-refractivity contribution in [3.63, 3.8) is 0 Å². The quantitative estimate of drug-likeness (QED) is 0.822. The van der Waals surface area contributed by atoms with Crippen LogP contribution in [0.15, 0.2) is 6.07 Å². The molecule has 0 unspecified atom stereocenters. The molecule has 0 saturated heterocycles. The van der Waals surface area contributed by atoms with E-state index in [0.29, 0.717) is 0 Å². The molecule has 0 bridgehead atoms. The van der Waals surface area contributed by atoms with Crippen LogP contribution in [0, 0.1) is 0 Å². The third-order valence-electron chi connectivity index (χ3n) is 3.78. The van der Waals surface area contributed by atoms with Gasteiger partial charge in [0.25, 0.3) is 0 Å². The molecule has 0 spiro atoms. The monoisotopic (exact) mass is 262 g/mol. The lowest BCUT2D eigenvalue weighted by Crippen LogP contribution is -2.31. The van der Waals surface area contributed by atoms with Crippen LogP contribution < -0.4 is 10.6 Å². The van der Waals surface area contributed by atoms with Crippen LogP contribution in [-0.4, -0.2) is 22.1 Å². The maximum atomic E-state index is 4.61. The molecule has 1 aromatic heterocycles. The van der Waals surface area contributed by atoms with Crippen molar-refractivity contribution in [1.82, 2.24) is 9.97 Å². The Balaban J connectivity index is 2.14. The number of aromatic nitrogens is 2. The van der Waals surface area contributed by atoms with E-state index in [1.54, 1.807) is 0 Å². The van der Waals surface area contributed by atoms with Crippen molar-refractivity contribution in [2.24, 2.45) is 0 Å². The summed E-state index contributed by atoms with van der Waals surface area (Å²) in [6.45, 7) is 7.51. The molecule has 4 nitrogen and oxygen atoms in total. The molecule has 1 aliphatic carbocycles. The van der Waals surface area contributed by atoms with Crippen molar-refractivity contribution < 1.29 is 0 Å². The second-order valence-electron chi connectivity index (χ2n) is 5.73. The third kappa shape index (κ3) is 3.82. The average Bonchev–Trinajstić information content (AvgIpc) is 2.82. The zero-order valence-corrected chi connectivity index (χ0v) is 12.4. The van der Waals surface area contributed by atoms with Crippen molar-refractivity contribution in [3.05, 3.63) is 11.9 Å². The Hall–Kier alpha value is -1.32. The van der Waals surface area contributed by atoms with Crippen LogP contribution in [0.25, 0.3) is 0 Å². The minimum Gasteiger partial charge on any atom is -0.370 e. The van der Waals surface area contributed by atoms with Crippen LogP contribution in [0.5, 0.6) is 0 Å². The summed E-state index contributed by atoms with van der Waals surface area (Å²) < 4.78 is 0. The van der Waals surface area contributed by atoms with Gasteiger partial charge in [0, 0.05) is 24.6 Å². The van der Waals surface area contributed by atoms with Gasteiger partial charge in [-0.15, -0.1) is 0 Å². The molecule has 0 amide bonds. The number of aryl methyl sites for hydroxylation is 1.